The number of nitrogens with zero attached hydrogens (tertiary/aromatic N) is 2. The first-order valence-corrected chi connectivity index (χ1v) is 7.83. The van der Waals surface area contributed by atoms with E-state index in [0.717, 1.165) is 31.7 Å². The minimum absolute atomic E-state index is 0.285. The van der Waals surface area contributed by atoms with E-state index in [1.165, 1.54) is 18.4 Å². The van der Waals surface area contributed by atoms with Crippen LogP contribution in [0.4, 0.5) is 5.82 Å². The van der Waals surface area contributed by atoms with Crippen molar-refractivity contribution in [2.45, 2.75) is 51.6 Å². The van der Waals surface area contributed by atoms with E-state index in [1.807, 2.05) is 12.3 Å². The van der Waals surface area contributed by atoms with Crippen LogP contribution in [-0.2, 0) is 0 Å². The molecule has 1 aromatic heterocycles. The summed E-state index contributed by atoms with van der Waals surface area (Å²) in [6.45, 7) is 6.66. The third kappa shape index (κ3) is 3.49. The van der Waals surface area contributed by atoms with Crippen LogP contribution in [-0.4, -0.2) is 35.8 Å². The Morgan fingerprint density at radius 3 is 3.15 bits per heavy atom. The number of anilines is 1. The zero-order chi connectivity index (χ0) is 14.4. The molecule has 0 aromatic carbocycles. The molecule has 1 fully saturated rings. The van der Waals surface area contributed by atoms with E-state index in [1.54, 1.807) is 0 Å². The summed E-state index contributed by atoms with van der Waals surface area (Å²) in [4.78, 5) is 7.09. The Hall–Kier alpha value is -1.13. The number of aromatic nitrogens is 1. The maximum Gasteiger partial charge on any atom is 0.133 e. The van der Waals surface area contributed by atoms with Gasteiger partial charge < -0.3 is 15.3 Å². The number of nitrogens with one attached hydrogen (secondary N) is 1. The molecule has 2 heterocycles. The van der Waals surface area contributed by atoms with Crippen LogP contribution >= 0.6 is 0 Å². The Labute approximate surface area is 122 Å². The maximum atomic E-state index is 9.05. The lowest BCUT2D eigenvalue weighted by Gasteiger charge is -2.29. The third-order valence-corrected chi connectivity index (χ3v) is 4.14. The van der Waals surface area contributed by atoms with Crippen LogP contribution in [0.15, 0.2) is 18.3 Å². The van der Waals surface area contributed by atoms with E-state index < -0.39 is 0 Å². The van der Waals surface area contributed by atoms with Gasteiger partial charge >= 0.3 is 0 Å². The van der Waals surface area contributed by atoms with Crippen LogP contribution in [0.5, 0.6) is 0 Å². The summed E-state index contributed by atoms with van der Waals surface area (Å²) < 4.78 is 0. The van der Waals surface area contributed by atoms with Crippen LogP contribution in [0.3, 0.4) is 0 Å². The summed E-state index contributed by atoms with van der Waals surface area (Å²) in [5, 5.41) is 12.5. The van der Waals surface area contributed by atoms with Crippen molar-refractivity contribution < 1.29 is 5.11 Å². The molecule has 0 bridgehead atoms. The molecule has 1 aromatic rings. The van der Waals surface area contributed by atoms with Gasteiger partial charge in [0.05, 0.1) is 0 Å². The Bertz CT molecular complexity index is 410. The summed E-state index contributed by atoms with van der Waals surface area (Å²) in [5.74, 6) is 1.13. The molecule has 1 aliphatic heterocycles. The van der Waals surface area contributed by atoms with Gasteiger partial charge in [-0.1, -0.05) is 13.0 Å². The molecule has 112 valence electrons. The predicted molar refractivity (Wildman–Crippen MR) is 83.0 cm³/mol. The molecule has 4 nitrogen and oxygen atoms in total. The molecule has 1 aliphatic rings. The average molecular weight is 277 g/mol. The second kappa shape index (κ2) is 7.60. The largest absolute Gasteiger partial charge is 0.396 e. The van der Waals surface area contributed by atoms with Gasteiger partial charge in [0.15, 0.2) is 0 Å². The summed E-state index contributed by atoms with van der Waals surface area (Å²) >= 11 is 0. The molecule has 0 aliphatic carbocycles. The lowest BCUT2D eigenvalue weighted by Crippen LogP contribution is -2.32. The van der Waals surface area contributed by atoms with Crippen molar-refractivity contribution in [1.29, 1.82) is 0 Å². The van der Waals surface area contributed by atoms with Crippen molar-refractivity contribution >= 4 is 5.82 Å². The molecular weight excluding hydrogens is 250 g/mol. The van der Waals surface area contributed by atoms with Crippen LogP contribution < -0.4 is 10.2 Å². The maximum absolute atomic E-state index is 9.05. The minimum atomic E-state index is 0.285. The van der Waals surface area contributed by atoms with Crippen LogP contribution in [0.25, 0.3) is 0 Å². The highest BCUT2D eigenvalue weighted by molar-refractivity contribution is 5.50. The molecule has 0 amide bonds. The van der Waals surface area contributed by atoms with Gasteiger partial charge in [-0.15, -0.1) is 0 Å². The van der Waals surface area contributed by atoms with Gasteiger partial charge in [-0.05, 0) is 45.2 Å². The van der Waals surface area contributed by atoms with Crippen LogP contribution in [0.1, 0.15) is 51.1 Å². The Balaban J connectivity index is 2.18. The highest BCUT2D eigenvalue weighted by Crippen LogP contribution is 2.31. The zero-order valence-electron chi connectivity index (χ0n) is 12.7. The smallest absolute Gasteiger partial charge is 0.133 e. The number of hydrogen-bond acceptors (Lipinski definition) is 4. The Morgan fingerprint density at radius 1 is 1.55 bits per heavy atom. The fourth-order valence-electron chi connectivity index (χ4n) is 3.15. The number of rotatable bonds is 7. The van der Waals surface area contributed by atoms with Crippen molar-refractivity contribution in [3.63, 3.8) is 0 Å². The highest BCUT2D eigenvalue weighted by Gasteiger charge is 2.27. The van der Waals surface area contributed by atoms with Crippen molar-refractivity contribution in [3.8, 4) is 0 Å². The number of aliphatic hydroxyl groups excluding tert-OH is 1. The number of aliphatic hydroxyl groups is 1. The van der Waals surface area contributed by atoms with E-state index >= 15 is 0 Å². The topological polar surface area (TPSA) is 48.4 Å². The molecule has 2 N–H and O–H groups in total. The molecule has 0 saturated carbocycles. The van der Waals surface area contributed by atoms with Gasteiger partial charge in [0, 0.05) is 37.0 Å². The Kier molecular flexibility index (Phi) is 5.80. The minimum Gasteiger partial charge on any atom is -0.396 e. The molecule has 2 rings (SSSR count). The van der Waals surface area contributed by atoms with E-state index in [4.69, 9.17) is 5.11 Å². The predicted octanol–water partition coefficient (Wildman–Crippen LogP) is 2.49. The van der Waals surface area contributed by atoms with E-state index in [0.29, 0.717) is 12.1 Å². The average Bonchev–Trinajstić information content (AvgIpc) is 2.93. The fourth-order valence-corrected chi connectivity index (χ4v) is 3.15. The molecule has 1 saturated heterocycles. The summed E-state index contributed by atoms with van der Waals surface area (Å²) in [6, 6.07) is 5.05. The quantitative estimate of drug-likeness (QED) is 0.804. The molecular formula is C16H27N3O. The van der Waals surface area contributed by atoms with Gasteiger partial charge in [0.2, 0.25) is 0 Å². The zero-order valence-corrected chi connectivity index (χ0v) is 12.7. The first kappa shape index (κ1) is 15.3. The first-order valence-electron chi connectivity index (χ1n) is 7.83. The monoisotopic (exact) mass is 277 g/mol. The summed E-state index contributed by atoms with van der Waals surface area (Å²) in [7, 11) is 0. The van der Waals surface area contributed by atoms with Gasteiger partial charge in [0.25, 0.3) is 0 Å². The SMILES string of the molecule is CCNC(C)c1cccnc1N1CCCC1CCCO. The highest BCUT2D eigenvalue weighted by atomic mass is 16.2. The van der Waals surface area contributed by atoms with E-state index in [2.05, 4.69) is 35.1 Å². The molecule has 0 radical (unpaired) electrons. The summed E-state index contributed by atoms with van der Waals surface area (Å²) in [5.41, 5.74) is 1.28. The Morgan fingerprint density at radius 2 is 2.40 bits per heavy atom. The lowest BCUT2D eigenvalue weighted by atomic mass is 10.1. The van der Waals surface area contributed by atoms with E-state index in [9.17, 15) is 0 Å². The normalized spacial score (nSPS) is 20.4. The molecule has 2 unspecified atom stereocenters. The first-order chi connectivity index (χ1) is 9.77. The molecule has 20 heavy (non-hydrogen) atoms. The summed E-state index contributed by atoms with van der Waals surface area (Å²) in [6.07, 6.45) is 6.26. The van der Waals surface area contributed by atoms with Gasteiger partial charge in [-0.2, -0.15) is 0 Å². The van der Waals surface area contributed by atoms with Crippen molar-refractivity contribution in [3.05, 3.63) is 23.9 Å². The van der Waals surface area contributed by atoms with Crippen molar-refractivity contribution in [2.24, 2.45) is 0 Å². The molecule has 0 spiro atoms. The van der Waals surface area contributed by atoms with E-state index in [-0.39, 0.29) is 6.61 Å². The van der Waals surface area contributed by atoms with Gasteiger partial charge in [-0.3, -0.25) is 0 Å². The second-order valence-corrected chi connectivity index (χ2v) is 5.55. The molecule has 4 heteroatoms. The third-order valence-electron chi connectivity index (χ3n) is 4.14. The lowest BCUT2D eigenvalue weighted by molar-refractivity contribution is 0.279. The molecule has 2 atom stereocenters. The fraction of sp³-hybridized carbons (Fsp3) is 0.688. The standard InChI is InChI=1S/C16H27N3O/c1-3-17-13(2)15-9-4-10-18-16(15)19-11-5-7-14(19)8-6-12-20/h4,9-10,13-14,17,20H,3,5-8,11-12H2,1-2H3. The van der Waals surface area contributed by atoms with Crippen molar-refractivity contribution in [2.75, 3.05) is 24.6 Å². The number of pyridine rings is 1. The van der Waals surface area contributed by atoms with Crippen molar-refractivity contribution in [1.82, 2.24) is 10.3 Å². The number of hydrogen-bond donors (Lipinski definition) is 2. The second-order valence-electron chi connectivity index (χ2n) is 5.55. The van der Waals surface area contributed by atoms with Gasteiger partial charge in [-0.25, -0.2) is 4.98 Å². The van der Waals surface area contributed by atoms with Crippen LogP contribution in [0, 0.1) is 0 Å². The van der Waals surface area contributed by atoms with Gasteiger partial charge in [0.1, 0.15) is 5.82 Å². The van der Waals surface area contributed by atoms with Crippen LogP contribution in [0.2, 0.25) is 0 Å².